The third kappa shape index (κ3) is 4.71. The first kappa shape index (κ1) is 16.9. The lowest BCUT2D eigenvalue weighted by molar-refractivity contribution is -0.0995. The molecule has 0 aromatic rings. The standard InChI is InChI=1S/C15H33N3O/c1-5-14(4)12-15(13-16,8-11-19-14)17-9-10-18(6-2)7-3/h17H,5-13,16H2,1-4H3. The molecule has 4 nitrogen and oxygen atoms in total. The van der Waals surface area contributed by atoms with Crippen molar-refractivity contribution < 1.29 is 4.74 Å². The minimum absolute atomic E-state index is 0.0141. The van der Waals surface area contributed by atoms with Crippen LogP contribution < -0.4 is 11.1 Å². The van der Waals surface area contributed by atoms with Gasteiger partial charge in [-0.2, -0.15) is 0 Å². The van der Waals surface area contributed by atoms with Gasteiger partial charge in [0.1, 0.15) is 0 Å². The second-order valence-corrected chi connectivity index (χ2v) is 6.02. The Hall–Kier alpha value is -0.160. The summed E-state index contributed by atoms with van der Waals surface area (Å²) in [6.07, 6.45) is 3.09. The summed E-state index contributed by atoms with van der Waals surface area (Å²) in [6.45, 7) is 14.7. The van der Waals surface area contributed by atoms with Gasteiger partial charge in [0.25, 0.3) is 0 Å². The molecule has 114 valence electrons. The van der Waals surface area contributed by atoms with Crippen molar-refractivity contribution in [2.45, 2.75) is 58.1 Å². The Morgan fingerprint density at radius 1 is 1.26 bits per heavy atom. The highest BCUT2D eigenvalue weighted by Gasteiger charge is 2.41. The molecular formula is C15H33N3O. The maximum atomic E-state index is 6.06. The van der Waals surface area contributed by atoms with E-state index in [-0.39, 0.29) is 11.1 Å². The fourth-order valence-electron chi connectivity index (χ4n) is 2.99. The predicted molar refractivity (Wildman–Crippen MR) is 81.5 cm³/mol. The van der Waals surface area contributed by atoms with E-state index in [9.17, 15) is 0 Å². The lowest BCUT2D eigenvalue weighted by atomic mass is 9.79. The van der Waals surface area contributed by atoms with Gasteiger partial charge in [0.05, 0.1) is 5.60 Å². The van der Waals surface area contributed by atoms with E-state index in [1.54, 1.807) is 0 Å². The quantitative estimate of drug-likeness (QED) is 0.704. The van der Waals surface area contributed by atoms with Crippen LogP contribution in [-0.4, -0.2) is 55.4 Å². The highest BCUT2D eigenvalue weighted by Crippen LogP contribution is 2.33. The first-order valence-electron chi connectivity index (χ1n) is 7.84. The van der Waals surface area contributed by atoms with Gasteiger partial charge in [0, 0.05) is 31.8 Å². The van der Waals surface area contributed by atoms with Crippen LogP contribution in [0.15, 0.2) is 0 Å². The number of nitrogens with one attached hydrogen (secondary N) is 1. The minimum Gasteiger partial charge on any atom is -0.375 e. The molecule has 2 atom stereocenters. The van der Waals surface area contributed by atoms with Crippen LogP contribution in [-0.2, 0) is 4.74 Å². The normalized spacial score (nSPS) is 31.9. The number of ether oxygens (including phenoxy) is 1. The third-order valence-corrected chi connectivity index (χ3v) is 4.70. The predicted octanol–water partition coefficient (Wildman–Crippen LogP) is 1.59. The van der Waals surface area contributed by atoms with E-state index in [4.69, 9.17) is 10.5 Å². The summed E-state index contributed by atoms with van der Waals surface area (Å²) in [4.78, 5) is 2.44. The second kappa shape index (κ2) is 7.58. The van der Waals surface area contributed by atoms with Crippen LogP contribution >= 0.6 is 0 Å². The van der Waals surface area contributed by atoms with E-state index in [2.05, 4.69) is 37.9 Å². The number of hydrogen-bond donors (Lipinski definition) is 2. The van der Waals surface area contributed by atoms with Gasteiger partial charge in [-0.25, -0.2) is 0 Å². The first-order chi connectivity index (χ1) is 9.03. The Morgan fingerprint density at radius 2 is 1.95 bits per heavy atom. The van der Waals surface area contributed by atoms with Gasteiger partial charge in [-0.15, -0.1) is 0 Å². The summed E-state index contributed by atoms with van der Waals surface area (Å²) >= 11 is 0. The van der Waals surface area contributed by atoms with Crippen molar-refractivity contribution in [1.29, 1.82) is 0 Å². The molecule has 0 aromatic carbocycles. The number of nitrogens with two attached hydrogens (primary N) is 1. The van der Waals surface area contributed by atoms with Crippen molar-refractivity contribution in [1.82, 2.24) is 10.2 Å². The fourth-order valence-corrected chi connectivity index (χ4v) is 2.99. The van der Waals surface area contributed by atoms with E-state index in [1.165, 1.54) is 0 Å². The van der Waals surface area contributed by atoms with E-state index in [1.807, 2.05) is 0 Å². The Bertz CT molecular complexity index is 258. The van der Waals surface area contributed by atoms with Crippen molar-refractivity contribution in [2.24, 2.45) is 5.73 Å². The summed E-state index contributed by atoms with van der Waals surface area (Å²) in [7, 11) is 0. The Kier molecular flexibility index (Phi) is 6.74. The maximum Gasteiger partial charge on any atom is 0.0670 e. The largest absolute Gasteiger partial charge is 0.375 e. The topological polar surface area (TPSA) is 50.5 Å². The first-order valence-corrected chi connectivity index (χ1v) is 7.84. The van der Waals surface area contributed by atoms with Crippen LogP contribution in [0, 0.1) is 0 Å². The van der Waals surface area contributed by atoms with Gasteiger partial charge in [-0.05, 0) is 39.3 Å². The van der Waals surface area contributed by atoms with Gasteiger partial charge in [0.15, 0.2) is 0 Å². The molecule has 0 saturated carbocycles. The second-order valence-electron chi connectivity index (χ2n) is 6.02. The molecule has 1 heterocycles. The number of nitrogens with zero attached hydrogens (tertiary/aromatic N) is 1. The van der Waals surface area contributed by atoms with Crippen molar-refractivity contribution in [3.63, 3.8) is 0 Å². The molecule has 0 aliphatic carbocycles. The van der Waals surface area contributed by atoms with E-state index >= 15 is 0 Å². The van der Waals surface area contributed by atoms with Gasteiger partial charge in [-0.1, -0.05) is 20.8 Å². The van der Waals surface area contributed by atoms with Gasteiger partial charge < -0.3 is 20.7 Å². The minimum atomic E-state index is -0.0141. The van der Waals surface area contributed by atoms with Crippen LogP contribution in [0.3, 0.4) is 0 Å². The number of rotatable bonds is 8. The molecule has 0 spiro atoms. The molecule has 0 bridgehead atoms. The SMILES string of the molecule is CCN(CC)CCNC1(CN)CCOC(C)(CC)C1. The third-order valence-electron chi connectivity index (χ3n) is 4.70. The molecule has 2 unspecified atom stereocenters. The summed E-state index contributed by atoms with van der Waals surface area (Å²) in [6, 6.07) is 0. The Labute approximate surface area is 119 Å². The van der Waals surface area contributed by atoms with Crippen molar-refractivity contribution >= 4 is 0 Å². The van der Waals surface area contributed by atoms with E-state index in [0.717, 1.165) is 52.0 Å². The average Bonchev–Trinajstić information content (AvgIpc) is 2.44. The lowest BCUT2D eigenvalue weighted by Gasteiger charge is -2.46. The fraction of sp³-hybridized carbons (Fsp3) is 1.00. The summed E-state index contributed by atoms with van der Waals surface area (Å²) < 4.78 is 5.94. The molecule has 0 amide bonds. The summed E-state index contributed by atoms with van der Waals surface area (Å²) in [5.74, 6) is 0. The van der Waals surface area contributed by atoms with Gasteiger partial charge in [-0.3, -0.25) is 0 Å². The van der Waals surface area contributed by atoms with Crippen LogP contribution in [0.5, 0.6) is 0 Å². The molecule has 0 radical (unpaired) electrons. The smallest absolute Gasteiger partial charge is 0.0670 e. The Balaban J connectivity index is 2.51. The number of likely N-dealkylation sites (N-methyl/N-ethyl adjacent to an activating group) is 1. The highest BCUT2D eigenvalue weighted by atomic mass is 16.5. The zero-order chi connectivity index (χ0) is 14.4. The Morgan fingerprint density at radius 3 is 2.47 bits per heavy atom. The summed E-state index contributed by atoms with van der Waals surface area (Å²) in [5, 5.41) is 3.73. The maximum absolute atomic E-state index is 6.06. The molecule has 1 aliphatic rings. The zero-order valence-corrected chi connectivity index (χ0v) is 13.3. The van der Waals surface area contributed by atoms with E-state index in [0.29, 0.717) is 6.54 Å². The van der Waals surface area contributed by atoms with Crippen molar-refractivity contribution in [2.75, 3.05) is 39.3 Å². The molecule has 0 aromatic heterocycles. The molecule has 4 heteroatoms. The van der Waals surface area contributed by atoms with Crippen LogP contribution in [0.4, 0.5) is 0 Å². The van der Waals surface area contributed by atoms with Crippen molar-refractivity contribution in [3.05, 3.63) is 0 Å². The monoisotopic (exact) mass is 271 g/mol. The van der Waals surface area contributed by atoms with E-state index < -0.39 is 0 Å². The molecular weight excluding hydrogens is 238 g/mol. The molecule has 3 N–H and O–H groups in total. The summed E-state index contributed by atoms with van der Waals surface area (Å²) in [5.41, 5.74) is 6.12. The molecule has 1 aliphatic heterocycles. The lowest BCUT2D eigenvalue weighted by Crippen LogP contribution is -2.60. The van der Waals surface area contributed by atoms with Gasteiger partial charge in [0.2, 0.25) is 0 Å². The molecule has 1 saturated heterocycles. The molecule has 1 rings (SSSR count). The average molecular weight is 271 g/mol. The van der Waals surface area contributed by atoms with Crippen molar-refractivity contribution in [3.8, 4) is 0 Å². The van der Waals surface area contributed by atoms with Crippen LogP contribution in [0.1, 0.15) is 47.0 Å². The van der Waals surface area contributed by atoms with Crippen LogP contribution in [0.2, 0.25) is 0 Å². The number of hydrogen-bond acceptors (Lipinski definition) is 4. The molecule has 19 heavy (non-hydrogen) atoms. The van der Waals surface area contributed by atoms with Gasteiger partial charge >= 0.3 is 0 Å². The zero-order valence-electron chi connectivity index (χ0n) is 13.3. The van der Waals surface area contributed by atoms with Crippen LogP contribution in [0.25, 0.3) is 0 Å². The molecule has 1 fully saturated rings. The highest BCUT2D eigenvalue weighted by molar-refractivity contribution is 4.98.